The lowest BCUT2D eigenvalue weighted by Gasteiger charge is -2.31. The average Bonchev–Trinajstić information content (AvgIpc) is 2.77. The van der Waals surface area contributed by atoms with Crippen molar-refractivity contribution >= 4 is 39.1 Å². The van der Waals surface area contributed by atoms with Crippen LogP contribution >= 0.6 is 11.6 Å². The minimum Gasteiger partial charge on any atom is -0.354 e. The largest absolute Gasteiger partial charge is 0.354 e. The molecule has 0 saturated carbocycles. The van der Waals surface area contributed by atoms with Crippen LogP contribution in [0.15, 0.2) is 42.5 Å². The molecule has 9 heteroatoms. The van der Waals surface area contributed by atoms with Gasteiger partial charge >= 0.3 is 0 Å². The molecule has 0 bridgehead atoms. The molecule has 0 unspecified atom stereocenters. The number of benzene rings is 2. The Morgan fingerprint density at radius 3 is 2.26 bits per heavy atom. The Bertz CT molecular complexity index is 1100. The van der Waals surface area contributed by atoms with Crippen molar-refractivity contribution in [2.45, 2.75) is 53.1 Å². The number of nitrogens with zero attached hydrogens (tertiary/aromatic N) is 2. The number of amides is 2. The van der Waals surface area contributed by atoms with Crippen molar-refractivity contribution in [1.82, 2.24) is 10.2 Å². The quantitative estimate of drug-likeness (QED) is 0.465. The first kappa shape index (κ1) is 27.7. The van der Waals surface area contributed by atoms with Gasteiger partial charge in [0.05, 0.1) is 11.9 Å². The summed E-state index contributed by atoms with van der Waals surface area (Å²) in [5.41, 5.74) is 3.12. The van der Waals surface area contributed by atoms with E-state index in [9.17, 15) is 18.0 Å². The minimum atomic E-state index is -3.75. The molecule has 34 heavy (non-hydrogen) atoms. The predicted octanol–water partition coefficient (Wildman–Crippen LogP) is 4.06. The van der Waals surface area contributed by atoms with Crippen LogP contribution in [0.5, 0.6) is 0 Å². The summed E-state index contributed by atoms with van der Waals surface area (Å²) in [6, 6.07) is 11.4. The van der Waals surface area contributed by atoms with E-state index in [1.807, 2.05) is 26.8 Å². The van der Waals surface area contributed by atoms with Crippen LogP contribution in [0.2, 0.25) is 5.02 Å². The van der Waals surface area contributed by atoms with E-state index in [0.717, 1.165) is 40.1 Å². The van der Waals surface area contributed by atoms with E-state index in [0.29, 0.717) is 17.3 Å². The van der Waals surface area contributed by atoms with Crippen LogP contribution in [0.3, 0.4) is 0 Å². The highest BCUT2D eigenvalue weighted by Gasteiger charge is 2.30. The zero-order chi connectivity index (χ0) is 25.5. The molecular formula is C25H34ClN3O4S. The summed E-state index contributed by atoms with van der Waals surface area (Å²) in [5.74, 6) is -0.760. The van der Waals surface area contributed by atoms with Gasteiger partial charge in [-0.05, 0) is 68.1 Å². The van der Waals surface area contributed by atoms with E-state index in [1.54, 1.807) is 43.3 Å². The highest BCUT2D eigenvalue weighted by molar-refractivity contribution is 7.92. The lowest BCUT2D eigenvalue weighted by molar-refractivity contribution is -0.139. The molecule has 0 aliphatic carbocycles. The summed E-state index contributed by atoms with van der Waals surface area (Å²) < 4.78 is 26.3. The fourth-order valence-corrected chi connectivity index (χ4v) is 4.37. The third-order valence-electron chi connectivity index (χ3n) is 5.72. The number of sulfonamides is 1. The first-order chi connectivity index (χ1) is 15.9. The monoisotopic (exact) mass is 507 g/mol. The number of anilines is 1. The molecule has 186 valence electrons. The summed E-state index contributed by atoms with van der Waals surface area (Å²) in [7, 11) is -3.75. The van der Waals surface area contributed by atoms with E-state index >= 15 is 0 Å². The average molecular weight is 508 g/mol. The third-order valence-corrected chi connectivity index (χ3v) is 7.11. The summed E-state index contributed by atoms with van der Waals surface area (Å²) in [4.78, 5) is 27.7. The molecule has 0 aromatic heterocycles. The second-order valence-electron chi connectivity index (χ2n) is 8.51. The molecule has 7 nitrogen and oxygen atoms in total. The van der Waals surface area contributed by atoms with Crippen molar-refractivity contribution < 1.29 is 18.0 Å². The van der Waals surface area contributed by atoms with Crippen molar-refractivity contribution in [2.75, 3.05) is 23.7 Å². The van der Waals surface area contributed by atoms with Crippen LogP contribution in [0, 0.1) is 13.8 Å². The molecule has 0 aliphatic rings. The van der Waals surface area contributed by atoms with Gasteiger partial charge in [0.2, 0.25) is 21.8 Å². The van der Waals surface area contributed by atoms with Crippen molar-refractivity contribution in [3.63, 3.8) is 0 Å². The molecule has 0 spiro atoms. The lowest BCUT2D eigenvalue weighted by atomic mass is 10.1. The third kappa shape index (κ3) is 7.74. The van der Waals surface area contributed by atoms with Crippen LogP contribution in [-0.2, 0) is 26.2 Å². The molecule has 2 amide bonds. The topological polar surface area (TPSA) is 86.8 Å². The van der Waals surface area contributed by atoms with E-state index in [-0.39, 0.29) is 12.5 Å². The van der Waals surface area contributed by atoms with Gasteiger partial charge < -0.3 is 10.2 Å². The van der Waals surface area contributed by atoms with Crippen LogP contribution in [0.25, 0.3) is 0 Å². The van der Waals surface area contributed by atoms with Crippen LogP contribution in [0.1, 0.15) is 43.4 Å². The minimum absolute atomic E-state index is 0.142. The van der Waals surface area contributed by atoms with Gasteiger partial charge in [-0.3, -0.25) is 13.9 Å². The Kier molecular flexibility index (Phi) is 9.94. The zero-order valence-corrected chi connectivity index (χ0v) is 22.0. The Balaban J connectivity index is 2.35. The number of aryl methyl sites for hydroxylation is 2. The number of nitrogens with one attached hydrogen (secondary N) is 1. The second kappa shape index (κ2) is 12.2. The number of unbranched alkanes of at least 4 members (excludes halogenated alkanes) is 1. The molecule has 1 N–H and O–H groups in total. The molecule has 0 heterocycles. The molecule has 0 fully saturated rings. The molecular weight excluding hydrogens is 474 g/mol. The zero-order valence-electron chi connectivity index (χ0n) is 20.5. The van der Waals surface area contributed by atoms with Crippen molar-refractivity contribution in [1.29, 1.82) is 0 Å². The van der Waals surface area contributed by atoms with E-state index in [1.165, 1.54) is 4.90 Å². The number of carbonyl (C=O) groups is 2. The highest BCUT2D eigenvalue weighted by Crippen LogP contribution is 2.22. The van der Waals surface area contributed by atoms with Crippen LogP contribution in [-0.4, -0.2) is 50.5 Å². The van der Waals surface area contributed by atoms with Crippen molar-refractivity contribution in [3.05, 3.63) is 64.2 Å². The van der Waals surface area contributed by atoms with E-state index in [4.69, 9.17) is 11.6 Å². The normalized spacial score (nSPS) is 12.2. The van der Waals surface area contributed by atoms with Gasteiger partial charge in [-0.25, -0.2) is 8.42 Å². The van der Waals surface area contributed by atoms with Crippen LogP contribution in [0.4, 0.5) is 5.69 Å². The molecule has 0 aliphatic heterocycles. The standard InChI is InChI=1S/C25H34ClN3O4S/c1-6-7-14-27-25(31)20(4)28(16-21-9-11-22(26)12-10-21)24(30)17-29(34(5,32)33)23-13-8-18(2)19(3)15-23/h8-13,15,20H,6-7,14,16-17H2,1-5H3,(H,27,31)/t20-/m1/s1. The molecule has 1 atom stereocenters. The van der Waals surface area contributed by atoms with Gasteiger partial charge in [0.25, 0.3) is 0 Å². The molecule has 2 aromatic carbocycles. The van der Waals surface area contributed by atoms with Gasteiger partial charge in [-0.15, -0.1) is 0 Å². The van der Waals surface area contributed by atoms with Crippen molar-refractivity contribution in [3.8, 4) is 0 Å². The maximum atomic E-state index is 13.5. The SMILES string of the molecule is CCCCNC(=O)[C@@H](C)N(Cc1ccc(Cl)cc1)C(=O)CN(c1ccc(C)c(C)c1)S(C)(=O)=O. The predicted molar refractivity (Wildman–Crippen MR) is 137 cm³/mol. The highest BCUT2D eigenvalue weighted by atomic mass is 35.5. The summed E-state index contributed by atoms with van der Waals surface area (Å²) in [6.07, 6.45) is 2.83. The van der Waals surface area contributed by atoms with Gasteiger partial charge in [-0.1, -0.05) is 43.1 Å². The fourth-order valence-electron chi connectivity index (χ4n) is 3.40. The number of rotatable bonds is 11. The van der Waals surface area contributed by atoms with Gasteiger partial charge in [0, 0.05) is 18.1 Å². The Morgan fingerprint density at radius 1 is 1.06 bits per heavy atom. The van der Waals surface area contributed by atoms with Crippen LogP contribution < -0.4 is 9.62 Å². The summed E-state index contributed by atoms with van der Waals surface area (Å²) in [5, 5.41) is 3.42. The molecule has 0 radical (unpaired) electrons. The number of hydrogen-bond donors (Lipinski definition) is 1. The van der Waals surface area contributed by atoms with E-state index < -0.39 is 28.5 Å². The summed E-state index contributed by atoms with van der Waals surface area (Å²) >= 11 is 5.99. The van der Waals surface area contributed by atoms with Gasteiger partial charge in [0.15, 0.2) is 0 Å². The Labute approximate surface area is 208 Å². The Hall–Kier alpha value is -2.58. The first-order valence-corrected chi connectivity index (χ1v) is 13.5. The van der Waals surface area contributed by atoms with Crippen molar-refractivity contribution in [2.24, 2.45) is 0 Å². The number of carbonyl (C=O) groups excluding carboxylic acids is 2. The van der Waals surface area contributed by atoms with Gasteiger partial charge in [0.1, 0.15) is 12.6 Å². The first-order valence-electron chi connectivity index (χ1n) is 11.3. The maximum Gasteiger partial charge on any atom is 0.244 e. The smallest absolute Gasteiger partial charge is 0.244 e. The Morgan fingerprint density at radius 2 is 1.71 bits per heavy atom. The molecule has 0 saturated heterocycles. The van der Waals surface area contributed by atoms with Gasteiger partial charge in [-0.2, -0.15) is 0 Å². The molecule has 2 rings (SSSR count). The second-order valence-corrected chi connectivity index (χ2v) is 10.9. The van der Waals surface area contributed by atoms with E-state index in [2.05, 4.69) is 5.32 Å². The number of hydrogen-bond acceptors (Lipinski definition) is 4. The lowest BCUT2D eigenvalue weighted by Crippen LogP contribution is -2.51. The maximum absolute atomic E-state index is 13.5. The molecule has 2 aromatic rings. The fraction of sp³-hybridized carbons (Fsp3) is 0.440. The number of halogens is 1. The summed E-state index contributed by atoms with van der Waals surface area (Å²) in [6.45, 7) is 7.73.